The van der Waals surface area contributed by atoms with Crippen LogP contribution < -0.4 is 0 Å². The number of H-pyrrole nitrogens is 1. The Kier molecular flexibility index (Phi) is 2.29. The first kappa shape index (κ1) is 9.52. The molecule has 2 N–H and O–H groups in total. The van der Waals surface area contributed by atoms with Gasteiger partial charge in [-0.25, -0.2) is 4.79 Å². The van der Waals surface area contributed by atoms with Crippen LogP contribution in [-0.2, 0) is 4.79 Å². The molecule has 1 heterocycles. The second kappa shape index (κ2) is 3.61. The first-order valence-electron chi connectivity index (χ1n) is 4.66. The normalized spacial score (nSPS) is 11.3. The Bertz CT molecular complexity index is 538. The summed E-state index contributed by atoms with van der Waals surface area (Å²) in [5.74, 6) is -0.935. The molecule has 3 heteroatoms. The van der Waals surface area contributed by atoms with Gasteiger partial charge in [0.1, 0.15) is 0 Å². The SMILES string of the molecule is Cc1c[nH]c2c(/C=C/C(=O)O)cccc12. The lowest BCUT2D eigenvalue weighted by Gasteiger charge is -1.96. The van der Waals surface area contributed by atoms with E-state index in [-0.39, 0.29) is 0 Å². The summed E-state index contributed by atoms with van der Waals surface area (Å²) in [6.45, 7) is 2.02. The van der Waals surface area contributed by atoms with Crippen molar-refractivity contribution < 1.29 is 9.90 Å². The standard InChI is InChI=1S/C12H11NO2/c1-8-7-13-12-9(5-6-11(14)15)3-2-4-10(8)12/h2-7,13H,1H3,(H,14,15)/b6-5+. The number of carboxylic acid groups (broad SMARTS) is 1. The number of hydrogen-bond acceptors (Lipinski definition) is 1. The van der Waals surface area contributed by atoms with E-state index in [0.29, 0.717) is 0 Å². The molecule has 0 aliphatic rings. The van der Waals surface area contributed by atoms with E-state index in [2.05, 4.69) is 4.98 Å². The lowest BCUT2D eigenvalue weighted by Crippen LogP contribution is -1.86. The van der Waals surface area contributed by atoms with Gasteiger partial charge in [0.25, 0.3) is 0 Å². The molecule has 76 valence electrons. The number of fused-ring (bicyclic) bond motifs is 1. The molecule has 0 fully saturated rings. The van der Waals surface area contributed by atoms with Gasteiger partial charge in [-0.2, -0.15) is 0 Å². The maximum atomic E-state index is 10.4. The van der Waals surface area contributed by atoms with Crippen LogP contribution in [0.4, 0.5) is 0 Å². The van der Waals surface area contributed by atoms with Gasteiger partial charge in [0, 0.05) is 17.7 Å². The molecule has 3 nitrogen and oxygen atoms in total. The minimum absolute atomic E-state index is 0.892. The van der Waals surface area contributed by atoms with Gasteiger partial charge in [-0.1, -0.05) is 18.2 Å². The van der Waals surface area contributed by atoms with Crippen molar-refractivity contribution in [1.29, 1.82) is 0 Å². The molecule has 0 bridgehead atoms. The highest BCUT2D eigenvalue weighted by molar-refractivity contribution is 5.93. The minimum atomic E-state index is -0.935. The number of aryl methyl sites for hydroxylation is 1. The predicted octanol–water partition coefficient (Wildman–Crippen LogP) is 2.57. The number of benzene rings is 1. The van der Waals surface area contributed by atoms with Crippen LogP contribution in [0.1, 0.15) is 11.1 Å². The van der Waals surface area contributed by atoms with E-state index >= 15 is 0 Å². The number of aromatic amines is 1. The third kappa shape index (κ3) is 1.76. The maximum absolute atomic E-state index is 10.4. The van der Waals surface area contributed by atoms with E-state index in [1.165, 1.54) is 0 Å². The van der Waals surface area contributed by atoms with Crippen molar-refractivity contribution in [3.05, 3.63) is 41.6 Å². The number of carbonyl (C=O) groups is 1. The molecule has 15 heavy (non-hydrogen) atoms. The number of para-hydroxylation sites is 1. The van der Waals surface area contributed by atoms with Gasteiger partial charge in [-0.15, -0.1) is 0 Å². The van der Waals surface area contributed by atoms with E-state index in [1.54, 1.807) is 6.08 Å². The van der Waals surface area contributed by atoms with Gasteiger partial charge < -0.3 is 10.1 Å². The van der Waals surface area contributed by atoms with E-state index in [1.807, 2.05) is 31.3 Å². The van der Waals surface area contributed by atoms with Crippen LogP contribution in [0.25, 0.3) is 17.0 Å². The topological polar surface area (TPSA) is 53.1 Å². The Morgan fingerprint density at radius 2 is 2.27 bits per heavy atom. The number of carboxylic acids is 1. The summed E-state index contributed by atoms with van der Waals surface area (Å²) in [4.78, 5) is 13.6. The van der Waals surface area contributed by atoms with Crippen LogP contribution in [0.5, 0.6) is 0 Å². The van der Waals surface area contributed by atoms with E-state index in [0.717, 1.165) is 28.1 Å². The number of hydrogen-bond donors (Lipinski definition) is 2. The van der Waals surface area contributed by atoms with Gasteiger partial charge in [-0.05, 0) is 24.1 Å². The van der Waals surface area contributed by atoms with Crippen molar-refractivity contribution in [2.24, 2.45) is 0 Å². The van der Waals surface area contributed by atoms with Crippen LogP contribution in [0.3, 0.4) is 0 Å². The largest absolute Gasteiger partial charge is 0.478 e. The molecule has 0 amide bonds. The molecular formula is C12H11NO2. The molecule has 1 aromatic heterocycles. The number of aromatic nitrogens is 1. The highest BCUT2D eigenvalue weighted by Crippen LogP contribution is 2.21. The van der Waals surface area contributed by atoms with Crippen molar-refractivity contribution >= 4 is 22.9 Å². The van der Waals surface area contributed by atoms with Crippen molar-refractivity contribution in [2.75, 3.05) is 0 Å². The van der Waals surface area contributed by atoms with E-state index in [9.17, 15) is 4.79 Å². The second-order valence-corrected chi connectivity index (χ2v) is 3.41. The Balaban J connectivity index is 2.56. The fourth-order valence-electron chi connectivity index (χ4n) is 1.62. The average molecular weight is 201 g/mol. The highest BCUT2D eigenvalue weighted by Gasteiger charge is 2.02. The van der Waals surface area contributed by atoms with Gasteiger partial charge in [0.05, 0.1) is 5.52 Å². The van der Waals surface area contributed by atoms with Gasteiger partial charge in [-0.3, -0.25) is 0 Å². The van der Waals surface area contributed by atoms with Crippen LogP contribution in [0.2, 0.25) is 0 Å². The fourth-order valence-corrected chi connectivity index (χ4v) is 1.62. The molecule has 0 aliphatic heterocycles. The van der Waals surface area contributed by atoms with Crippen molar-refractivity contribution in [3.63, 3.8) is 0 Å². The molecule has 0 saturated heterocycles. The monoisotopic (exact) mass is 201 g/mol. The van der Waals surface area contributed by atoms with Crippen LogP contribution >= 0.6 is 0 Å². The minimum Gasteiger partial charge on any atom is -0.478 e. The predicted molar refractivity (Wildman–Crippen MR) is 59.7 cm³/mol. The summed E-state index contributed by atoms with van der Waals surface area (Å²) in [7, 11) is 0. The van der Waals surface area contributed by atoms with Gasteiger partial charge in [0.2, 0.25) is 0 Å². The van der Waals surface area contributed by atoms with Crippen molar-refractivity contribution in [3.8, 4) is 0 Å². The second-order valence-electron chi connectivity index (χ2n) is 3.41. The smallest absolute Gasteiger partial charge is 0.328 e. The molecule has 0 saturated carbocycles. The summed E-state index contributed by atoms with van der Waals surface area (Å²) in [5.41, 5.74) is 3.03. The average Bonchev–Trinajstić information content (AvgIpc) is 2.58. The van der Waals surface area contributed by atoms with Crippen LogP contribution in [-0.4, -0.2) is 16.1 Å². The number of aliphatic carboxylic acids is 1. The molecule has 1 aromatic carbocycles. The van der Waals surface area contributed by atoms with Crippen LogP contribution in [0.15, 0.2) is 30.5 Å². The third-order valence-electron chi connectivity index (χ3n) is 2.36. The maximum Gasteiger partial charge on any atom is 0.328 e. The Morgan fingerprint density at radius 3 is 3.00 bits per heavy atom. The molecule has 0 spiro atoms. The Hall–Kier alpha value is -2.03. The highest BCUT2D eigenvalue weighted by atomic mass is 16.4. The molecule has 2 rings (SSSR count). The van der Waals surface area contributed by atoms with E-state index < -0.39 is 5.97 Å². The zero-order valence-corrected chi connectivity index (χ0v) is 8.32. The molecule has 0 unspecified atom stereocenters. The van der Waals surface area contributed by atoms with Gasteiger partial charge >= 0.3 is 5.97 Å². The van der Waals surface area contributed by atoms with Crippen molar-refractivity contribution in [2.45, 2.75) is 6.92 Å². The Labute approximate surface area is 87.0 Å². The fraction of sp³-hybridized carbons (Fsp3) is 0.0833. The van der Waals surface area contributed by atoms with Crippen molar-refractivity contribution in [1.82, 2.24) is 4.98 Å². The zero-order valence-electron chi connectivity index (χ0n) is 8.32. The van der Waals surface area contributed by atoms with E-state index in [4.69, 9.17) is 5.11 Å². The molecule has 0 aliphatic carbocycles. The number of rotatable bonds is 2. The summed E-state index contributed by atoms with van der Waals surface area (Å²) in [6.07, 6.45) is 4.66. The molecular weight excluding hydrogens is 190 g/mol. The number of nitrogens with one attached hydrogen (secondary N) is 1. The first-order valence-corrected chi connectivity index (χ1v) is 4.66. The molecule has 0 atom stereocenters. The first-order chi connectivity index (χ1) is 7.18. The van der Waals surface area contributed by atoms with Crippen LogP contribution in [0, 0.1) is 6.92 Å². The summed E-state index contributed by atoms with van der Waals surface area (Å²) < 4.78 is 0. The molecule has 2 aromatic rings. The third-order valence-corrected chi connectivity index (χ3v) is 2.36. The lowest BCUT2D eigenvalue weighted by molar-refractivity contribution is -0.131. The Morgan fingerprint density at radius 1 is 1.47 bits per heavy atom. The lowest BCUT2D eigenvalue weighted by atomic mass is 10.1. The van der Waals surface area contributed by atoms with Gasteiger partial charge in [0.15, 0.2) is 0 Å². The molecule has 0 radical (unpaired) electrons. The summed E-state index contributed by atoms with van der Waals surface area (Å²) in [5, 5.41) is 9.68. The summed E-state index contributed by atoms with van der Waals surface area (Å²) in [6, 6.07) is 5.82. The summed E-state index contributed by atoms with van der Waals surface area (Å²) >= 11 is 0. The zero-order chi connectivity index (χ0) is 10.8. The quantitative estimate of drug-likeness (QED) is 0.734.